The van der Waals surface area contributed by atoms with Gasteiger partial charge in [-0.25, -0.2) is 0 Å². The third-order valence-corrected chi connectivity index (χ3v) is 5.12. The molecule has 6 nitrogen and oxygen atoms in total. The van der Waals surface area contributed by atoms with Gasteiger partial charge in [0.1, 0.15) is 0 Å². The highest BCUT2D eigenvalue weighted by molar-refractivity contribution is 5.78. The Labute approximate surface area is 143 Å². The summed E-state index contributed by atoms with van der Waals surface area (Å²) in [6.45, 7) is 4.43. The summed E-state index contributed by atoms with van der Waals surface area (Å²) >= 11 is 0. The molecule has 1 aliphatic carbocycles. The SMILES string of the molecule is CN1CCCN(CC(=O)N[C@@H](c2ccccn2)C2CC(O)C2)CC1. The Morgan fingerprint density at radius 3 is 2.88 bits per heavy atom. The van der Waals surface area contributed by atoms with Crippen LogP contribution in [0, 0.1) is 5.92 Å². The zero-order chi connectivity index (χ0) is 16.9. The van der Waals surface area contributed by atoms with Crippen molar-refractivity contribution in [1.82, 2.24) is 20.1 Å². The number of amides is 1. The quantitative estimate of drug-likeness (QED) is 0.828. The first kappa shape index (κ1) is 17.3. The second kappa shape index (κ2) is 8.05. The summed E-state index contributed by atoms with van der Waals surface area (Å²) in [6.07, 6.45) is 4.09. The van der Waals surface area contributed by atoms with Crippen LogP contribution in [-0.2, 0) is 4.79 Å². The minimum Gasteiger partial charge on any atom is -0.393 e. The van der Waals surface area contributed by atoms with Gasteiger partial charge in [0.15, 0.2) is 0 Å². The van der Waals surface area contributed by atoms with Gasteiger partial charge >= 0.3 is 0 Å². The lowest BCUT2D eigenvalue weighted by Gasteiger charge is -2.38. The molecule has 24 heavy (non-hydrogen) atoms. The van der Waals surface area contributed by atoms with Gasteiger partial charge in [-0.1, -0.05) is 6.07 Å². The fraction of sp³-hybridized carbons (Fsp3) is 0.667. The number of hydrogen-bond acceptors (Lipinski definition) is 5. The van der Waals surface area contributed by atoms with Crippen LogP contribution in [0.3, 0.4) is 0 Å². The Morgan fingerprint density at radius 2 is 2.17 bits per heavy atom. The van der Waals surface area contributed by atoms with Crippen LogP contribution < -0.4 is 5.32 Å². The Bertz CT molecular complexity index is 533. The largest absolute Gasteiger partial charge is 0.393 e. The molecule has 0 bridgehead atoms. The number of aromatic nitrogens is 1. The molecule has 6 heteroatoms. The molecule has 0 spiro atoms. The zero-order valence-electron chi connectivity index (χ0n) is 14.4. The number of nitrogens with one attached hydrogen (secondary N) is 1. The second-order valence-electron chi connectivity index (χ2n) is 7.12. The van der Waals surface area contributed by atoms with Crippen molar-refractivity contribution in [3.63, 3.8) is 0 Å². The minimum absolute atomic E-state index is 0.0524. The van der Waals surface area contributed by atoms with E-state index in [4.69, 9.17) is 0 Å². The van der Waals surface area contributed by atoms with Gasteiger partial charge in [-0.2, -0.15) is 0 Å². The summed E-state index contributed by atoms with van der Waals surface area (Å²) in [5.41, 5.74) is 0.887. The third-order valence-electron chi connectivity index (χ3n) is 5.12. The van der Waals surface area contributed by atoms with Gasteiger partial charge in [0.2, 0.25) is 5.91 Å². The number of carbonyl (C=O) groups excluding carboxylic acids is 1. The average molecular weight is 332 g/mol. The smallest absolute Gasteiger partial charge is 0.234 e. The van der Waals surface area contributed by atoms with Crippen molar-refractivity contribution in [3.05, 3.63) is 30.1 Å². The molecule has 0 aromatic carbocycles. The minimum atomic E-state index is -0.237. The molecule has 1 saturated carbocycles. The van der Waals surface area contributed by atoms with Crippen molar-refractivity contribution in [3.8, 4) is 0 Å². The molecule has 132 valence electrons. The molecule has 2 aliphatic rings. The molecular formula is C18H28N4O2. The highest BCUT2D eigenvalue weighted by Crippen LogP contribution is 2.37. The number of likely N-dealkylation sites (N-methyl/N-ethyl adjacent to an activating group) is 1. The maximum atomic E-state index is 12.6. The lowest BCUT2D eigenvalue weighted by molar-refractivity contribution is -0.124. The fourth-order valence-corrected chi connectivity index (χ4v) is 3.58. The maximum absolute atomic E-state index is 12.6. The van der Waals surface area contributed by atoms with Crippen LogP contribution in [0.15, 0.2) is 24.4 Å². The summed E-state index contributed by atoms with van der Waals surface area (Å²) in [5.74, 6) is 0.325. The highest BCUT2D eigenvalue weighted by atomic mass is 16.3. The standard InChI is InChI=1S/C18H28N4O2/c1-21-7-4-8-22(10-9-21)13-17(24)20-18(14-11-15(23)12-14)16-5-2-3-6-19-16/h2-3,5-6,14-15,18,23H,4,7-13H2,1H3,(H,20,24)/t14?,15?,18-/m1/s1. The Kier molecular flexibility index (Phi) is 5.81. The van der Waals surface area contributed by atoms with Crippen LogP contribution in [0.5, 0.6) is 0 Å². The van der Waals surface area contributed by atoms with Gasteiger partial charge in [-0.15, -0.1) is 0 Å². The van der Waals surface area contributed by atoms with E-state index in [2.05, 4.69) is 27.1 Å². The molecule has 1 saturated heterocycles. The molecule has 2 fully saturated rings. The molecule has 0 radical (unpaired) electrons. The van der Waals surface area contributed by atoms with Crippen LogP contribution in [0.4, 0.5) is 0 Å². The summed E-state index contributed by atoms with van der Waals surface area (Å²) < 4.78 is 0. The fourth-order valence-electron chi connectivity index (χ4n) is 3.58. The first-order valence-corrected chi connectivity index (χ1v) is 8.91. The third kappa shape index (κ3) is 4.53. The molecule has 1 atom stereocenters. The van der Waals surface area contributed by atoms with Crippen molar-refractivity contribution in [1.29, 1.82) is 0 Å². The molecule has 1 amide bonds. The Balaban J connectivity index is 1.59. The molecule has 1 aliphatic heterocycles. The van der Waals surface area contributed by atoms with E-state index >= 15 is 0 Å². The monoisotopic (exact) mass is 332 g/mol. The van der Waals surface area contributed by atoms with Gasteiger partial charge in [0, 0.05) is 19.3 Å². The number of carbonyl (C=O) groups is 1. The Morgan fingerprint density at radius 1 is 1.33 bits per heavy atom. The molecule has 1 aromatic rings. The first-order chi connectivity index (χ1) is 11.6. The second-order valence-corrected chi connectivity index (χ2v) is 7.12. The summed E-state index contributed by atoms with van der Waals surface area (Å²) in [6, 6.07) is 5.68. The molecule has 1 aromatic heterocycles. The zero-order valence-corrected chi connectivity index (χ0v) is 14.4. The summed E-state index contributed by atoms with van der Waals surface area (Å²) in [4.78, 5) is 21.5. The van der Waals surface area contributed by atoms with Crippen LogP contribution >= 0.6 is 0 Å². The van der Waals surface area contributed by atoms with Gasteiger partial charge in [0.05, 0.1) is 24.4 Å². The predicted octanol–water partition coefficient (Wildman–Crippen LogP) is 0.647. The average Bonchev–Trinajstić information content (AvgIpc) is 2.75. The molecular weight excluding hydrogens is 304 g/mol. The molecule has 2 N–H and O–H groups in total. The van der Waals surface area contributed by atoms with Crippen molar-refractivity contribution < 1.29 is 9.90 Å². The van der Waals surface area contributed by atoms with Gasteiger partial charge < -0.3 is 15.3 Å². The number of aliphatic hydroxyl groups is 1. The number of pyridine rings is 1. The number of rotatable bonds is 5. The van der Waals surface area contributed by atoms with E-state index in [1.54, 1.807) is 6.20 Å². The van der Waals surface area contributed by atoms with E-state index in [0.717, 1.165) is 51.1 Å². The van der Waals surface area contributed by atoms with E-state index in [1.807, 2.05) is 18.2 Å². The number of hydrogen-bond donors (Lipinski definition) is 2. The summed E-state index contributed by atoms with van der Waals surface area (Å²) in [5, 5.41) is 12.8. The van der Waals surface area contributed by atoms with Crippen molar-refractivity contribution in [2.75, 3.05) is 39.8 Å². The maximum Gasteiger partial charge on any atom is 0.234 e. The van der Waals surface area contributed by atoms with Crippen LogP contribution in [0.1, 0.15) is 31.0 Å². The van der Waals surface area contributed by atoms with E-state index in [9.17, 15) is 9.90 Å². The number of aliphatic hydroxyl groups excluding tert-OH is 1. The lowest BCUT2D eigenvalue weighted by atomic mass is 9.76. The lowest BCUT2D eigenvalue weighted by Crippen LogP contribution is -2.45. The molecule has 2 heterocycles. The van der Waals surface area contributed by atoms with Crippen LogP contribution in [0.25, 0.3) is 0 Å². The van der Waals surface area contributed by atoms with Gasteiger partial charge in [-0.3, -0.25) is 14.7 Å². The highest BCUT2D eigenvalue weighted by Gasteiger charge is 2.36. The first-order valence-electron chi connectivity index (χ1n) is 8.91. The van der Waals surface area contributed by atoms with Crippen LogP contribution in [0.2, 0.25) is 0 Å². The van der Waals surface area contributed by atoms with Crippen LogP contribution in [-0.4, -0.2) is 71.7 Å². The van der Waals surface area contributed by atoms with Crippen molar-refractivity contribution >= 4 is 5.91 Å². The van der Waals surface area contributed by atoms with E-state index in [1.165, 1.54) is 0 Å². The van der Waals surface area contributed by atoms with Crippen molar-refractivity contribution in [2.45, 2.75) is 31.4 Å². The summed E-state index contributed by atoms with van der Waals surface area (Å²) in [7, 11) is 2.13. The molecule has 0 unspecified atom stereocenters. The normalized spacial score (nSPS) is 27.1. The number of nitrogens with zero attached hydrogens (tertiary/aromatic N) is 3. The van der Waals surface area contributed by atoms with E-state index in [-0.39, 0.29) is 24.0 Å². The van der Waals surface area contributed by atoms with Crippen molar-refractivity contribution in [2.24, 2.45) is 5.92 Å². The predicted molar refractivity (Wildman–Crippen MR) is 92.4 cm³/mol. The van der Waals surface area contributed by atoms with Gasteiger partial charge in [0.25, 0.3) is 0 Å². The van der Waals surface area contributed by atoms with Gasteiger partial charge in [-0.05, 0) is 57.5 Å². The Hall–Kier alpha value is -1.50. The van der Waals surface area contributed by atoms with E-state index in [0.29, 0.717) is 6.54 Å². The molecule has 3 rings (SSSR count). The topological polar surface area (TPSA) is 68.7 Å². The van der Waals surface area contributed by atoms with E-state index < -0.39 is 0 Å².